The second-order valence-electron chi connectivity index (χ2n) is 6.14. The highest BCUT2D eigenvalue weighted by molar-refractivity contribution is 9.10. The molecule has 2 aromatic carbocycles. The minimum atomic E-state index is -0.665. The molecule has 1 atom stereocenters. The number of carbonyl (C=O) groups excluding carboxylic acids is 2. The highest BCUT2D eigenvalue weighted by atomic mass is 79.9. The summed E-state index contributed by atoms with van der Waals surface area (Å²) in [6, 6.07) is 14.0. The number of anilines is 1. The zero-order valence-corrected chi connectivity index (χ0v) is 15.8. The quantitative estimate of drug-likeness (QED) is 0.670. The summed E-state index contributed by atoms with van der Waals surface area (Å²) in [7, 11) is 0. The van der Waals surface area contributed by atoms with E-state index in [9.17, 15) is 9.59 Å². The summed E-state index contributed by atoms with van der Waals surface area (Å²) in [6.45, 7) is 4.23. The zero-order valence-electron chi connectivity index (χ0n) is 14.3. The summed E-state index contributed by atoms with van der Waals surface area (Å²) in [5.41, 5.74) is 7.99. The molecular weight excluding hydrogens is 382 g/mol. The fourth-order valence-corrected chi connectivity index (χ4v) is 2.73. The van der Waals surface area contributed by atoms with Gasteiger partial charge < -0.3 is 16.4 Å². The number of urea groups is 1. The summed E-state index contributed by atoms with van der Waals surface area (Å²) < 4.78 is 0.920. The molecule has 2 rings (SSSR count). The van der Waals surface area contributed by atoms with Crippen molar-refractivity contribution in [2.24, 2.45) is 5.73 Å². The summed E-state index contributed by atoms with van der Waals surface area (Å²) >= 11 is 3.37. The van der Waals surface area contributed by atoms with Gasteiger partial charge in [0.25, 0.3) is 0 Å². The Balaban J connectivity index is 2.05. The number of amides is 3. The molecule has 0 saturated heterocycles. The molecular formula is C19H22BrN3O2. The molecule has 6 heteroatoms. The van der Waals surface area contributed by atoms with Crippen LogP contribution in [0.4, 0.5) is 10.5 Å². The highest BCUT2D eigenvalue weighted by Crippen LogP contribution is 2.21. The molecule has 5 nitrogen and oxygen atoms in total. The number of rotatable bonds is 6. The molecule has 0 radical (unpaired) electrons. The predicted octanol–water partition coefficient (Wildman–Crippen LogP) is 4.31. The smallest absolute Gasteiger partial charge is 0.312 e. The Morgan fingerprint density at radius 3 is 2.08 bits per heavy atom. The molecule has 0 bridgehead atoms. The Bertz CT molecular complexity index is 727. The van der Waals surface area contributed by atoms with Gasteiger partial charge in [0, 0.05) is 10.2 Å². The van der Waals surface area contributed by atoms with Gasteiger partial charge in [-0.3, -0.25) is 4.79 Å². The maximum absolute atomic E-state index is 12.4. The molecule has 0 saturated carbocycles. The maximum Gasteiger partial charge on any atom is 0.312 e. The molecule has 4 N–H and O–H groups in total. The van der Waals surface area contributed by atoms with Gasteiger partial charge in [-0.05, 0) is 41.3 Å². The van der Waals surface area contributed by atoms with E-state index in [1.54, 1.807) is 0 Å². The minimum Gasteiger partial charge on any atom is -0.352 e. The minimum absolute atomic E-state index is 0.0938. The molecule has 2 aromatic rings. The normalized spacial score (nSPS) is 11.8. The van der Waals surface area contributed by atoms with Crippen molar-refractivity contribution in [3.05, 3.63) is 64.1 Å². The van der Waals surface area contributed by atoms with Gasteiger partial charge in [0.2, 0.25) is 5.91 Å². The third-order valence-electron chi connectivity index (χ3n) is 3.84. The van der Waals surface area contributed by atoms with Crippen molar-refractivity contribution in [1.82, 2.24) is 5.32 Å². The van der Waals surface area contributed by atoms with Crippen molar-refractivity contribution in [2.45, 2.75) is 32.2 Å². The average Bonchev–Trinajstić information content (AvgIpc) is 2.55. The van der Waals surface area contributed by atoms with Crippen molar-refractivity contribution in [3.8, 4) is 0 Å². The predicted molar refractivity (Wildman–Crippen MR) is 103 cm³/mol. The van der Waals surface area contributed by atoms with Crippen LogP contribution in [0.5, 0.6) is 0 Å². The van der Waals surface area contributed by atoms with Gasteiger partial charge in [-0.2, -0.15) is 0 Å². The standard InChI is InChI=1S/C19H22BrN3O2/c1-12(2)13-5-9-16(10-6-13)22-18(24)11-17(23-19(21)25)14-3-7-15(20)8-4-14/h3-10,12,17H,11H2,1-2H3,(H,22,24)(H3,21,23,25)/t17-/m0/s1. The van der Waals surface area contributed by atoms with Crippen LogP contribution in [0.25, 0.3) is 0 Å². The fraction of sp³-hybridized carbons (Fsp3) is 0.263. The maximum atomic E-state index is 12.4. The second kappa shape index (κ2) is 8.67. The van der Waals surface area contributed by atoms with Gasteiger partial charge in [0.1, 0.15) is 0 Å². The van der Waals surface area contributed by atoms with Gasteiger partial charge in [-0.25, -0.2) is 4.79 Å². The van der Waals surface area contributed by atoms with Crippen molar-refractivity contribution >= 4 is 33.6 Å². The van der Waals surface area contributed by atoms with Crippen LogP contribution in [0, 0.1) is 0 Å². The Labute approximate surface area is 156 Å². The molecule has 0 unspecified atom stereocenters. The lowest BCUT2D eigenvalue weighted by atomic mass is 10.0. The Hall–Kier alpha value is -2.34. The van der Waals surface area contributed by atoms with Crippen LogP contribution in [-0.4, -0.2) is 11.9 Å². The number of hydrogen-bond donors (Lipinski definition) is 3. The van der Waals surface area contributed by atoms with Crippen LogP contribution in [-0.2, 0) is 4.79 Å². The number of halogens is 1. The van der Waals surface area contributed by atoms with Gasteiger partial charge in [0.15, 0.2) is 0 Å². The van der Waals surface area contributed by atoms with Crippen molar-refractivity contribution in [2.75, 3.05) is 5.32 Å². The lowest BCUT2D eigenvalue weighted by Gasteiger charge is -2.18. The summed E-state index contributed by atoms with van der Waals surface area (Å²) in [5, 5.41) is 5.47. The fourth-order valence-electron chi connectivity index (χ4n) is 2.47. The van der Waals surface area contributed by atoms with Gasteiger partial charge in [-0.15, -0.1) is 0 Å². The van der Waals surface area contributed by atoms with E-state index >= 15 is 0 Å². The van der Waals surface area contributed by atoms with E-state index in [1.165, 1.54) is 5.56 Å². The van der Waals surface area contributed by atoms with E-state index in [2.05, 4.69) is 40.4 Å². The van der Waals surface area contributed by atoms with Crippen molar-refractivity contribution in [1.29, 1.82) is 0 Å². The summed E-state index contributed by atoms with van der Waals surface area (Å²) in [4.78, 5) is 23.6. The monoisotopic (exact) mass is 403 g/mol. The molecule has 0 aliphatic carbocycles. The topological polar surface area (TPSA) is 84.2 Å². The number of hydrogen-bond acceptors (Lipinski definition) is 2. The van der Waals surface area contributed by atoms with Gasteiger partial charge in [0.05, 0.1) is 12.5 Å². The highest BCUT2D eigenvalue weighted by Gasteiger charge is 2.17. The molecule has 132 valence electrons. The van der Waals surface area contributed by atoms with E-state index in [0.717, 1.165) is 15.7 Å². The van der Waals surface area contributed by atoms with E-state index in [1.807, 2.05) is 48.5 Å². The Morgan fingerprint density at radius 2 is 1.56 bits per heavy atom. The zero-order chi connectivity index (χ0) is 18.4. The molecule has 0 spiro atoms. The molecule has 0 aliphatic heterocycles. The number of benzene rings is 2. The van der Waals surface area contributed by atoms with Gasteiger partial charge in [-0.1, -0.05) is 54.0 Å². The number of carbonyl (C=O) groups is 2. The number of nitrogens with two attached hydrogens (primary N) is 1. The Kier molecular flexibility index (Phi) is 6.58. The van der Waals surface area contributed by atoms with Crippen LogP contribution in [0.1, 0.15) is 43.4 Å². The summed E-state index contributed by atoms with van der Waals surface area (Å²) in [5.74, 6) is 0.241. The second-order valence-corrected chi connectivity index (χ2v) is 7.06. The van der Waals surface area contributed by atoms with E-state index < -0.39 is 12.1 Å². The van der Waals surface area contributed by atoms with E-state index in [0.29, 0.717) is 5.92 Å². The third-order valence-corrected chi connectivity index (χ3v) is 4.37. The van der Waals surface area contributed by atoms with Gasteiger partial charge >= 0.3 is 6.03 Å². The van der Waals surface area contributed by atoms with Crippen molar-refractivity contribution < 1.29 is 9.59 Å². The van der Waals surface area contributed by atoms with E-state index in [-0.39, 0.29) is 12.3 Å². The third kappa shape index (κ3) is 5.90. The largest absolute Gasteiger partial charge is 0.352 e. The lowest BCUT2D eigenvalue weighted by molar-refractivity contribution is -0.116. The van der Waals surface area contributed by atoms with Crippen LogP contribution in [0.15, 0.2) is 53.0 Å². The van der Waals surface area contributed by atoms with Crippen LogP contribution >= 0.6 is 15.9 Å². The Morgan fingerprint density at radius 1 is 1.00 bits per heavy atom. The molecule has 0 aliphatic rings. The molecule has 0 heterocycles. The first-order valence-corrected chi connectivity index (χ1v) is 8.85. The van der Waals surface area contributed by atoms with Crippen LogP contribution in [0.3, 0.4) is 0 Å². The average molecular weight is 404 g/mol. The molecule has 25 heavy (non-hydrogen) atoms. The molecule has 0 aromatic heterocycles. The first-order valence-electron chi connectivity index (χ1n) is 8.06. The first-order chi connectivity index (χ1) is 11.8. The SMILES string of the molecule is CC(C)c1ccc(NC(=O)C[C@H](NC(N)=O)c2ccc(Br)cc2)cc1. The number of primary amides is 1. The van der Waals surface area contributed by atoms with E-state index in [4.69, 9.17) is 5.73 Å². The molecule has 0 fully saturated rings. The molecule has 3 amide bonds. The summed E-state index contributed by atoms with van der Waals surface area (Å²) in [6.07, 6.45) is 0.0938. The first kappa shape index (κ1) is 19.0. The van der Waals surface area contributed by atoms with Crippen LogP contribution in [0.2, 0.25) is 0 Å². The lowest BCUT2D eigenvalue weighted by Crippen LogP contribution is -2.35. The number of nitrogens with one attached hydrogen (secondary N) is 2. The van der Waals surface area contributed by atoms with Crippen LogP contribution < -0.4 is 16.4 Å². The van der Waals surface area contributed by atoms with Crippen molar-refractivity contribution in [3.63, 3.8) is 0 Å².